The largest absolute Gasteiger partial charge is 0.321 e. The van der Waals surface area contributed by atoms with Gasteiger partial charge in [-0.1, -0.05) is 30.3 Å². The lowest BCUT2D eigenvalue weighted by Crippen LogP contribution is -2.18. The topological polar surface area (TPSA) is 89.0 Å². The van der Waals surface area contributed by atoms with E-state index in [0.29, 0.717) is 17.7 Å². The third-order valence-corrected chi connectivity index (χ3v) is 9.23. The summed E-state index contributed by atoms with van der Waals surface area (Å²) >= 11 is 1.69. The van der Waals surface area contributed by atoms with E-state index in [1.807, 2.05) is 73.0 Å². The smallest absolute Gasteiger partial charge is 0.255 e. The Hall–Kier alpha value is -4.01. The Morgan fingerprint density at radius 3 is 2.42 bits per heavy atom. The molecule has 5 rings (SSSR count). The van der Waals surface area contributed by atoms with Crippen molar-refractivity contribution >= 4 is 44.1 Å². The van der Waals surface area contributed by atoms with E-state index in [2.05, 4.69) is 27.4 Å². The number of aromatic nitrogens is 2. The second-order valence-electron chi connectivity index (χ2n) is 9.76. The molecule has 1 N–H and O–H groups in total. The Kier molecular flexibility index (Phi) is 8.00. The van der Waals surface area contributed by atoms with Crippen LogP contribution in [-0.2, 0) is 16.3 Å². The molecule has 0 bridgehead atoms. The molecule has 1 atom stereocenters. The Morgan fingerprint density at radius 1 is 0.925 bits per heavy atom. The molecule has 0 saturated heterocycles. The van der Waals surface area contributed by atoms with E-state index in [0.717, 1.165) is 38.9 Å². The van der Waals surface area contributed by atoms with Crippen molar-refractivity contribution in [2.24, 2.45) is 0 Å². The van der Waals surface area contributed by atoms with Crippen LogP contribution < -0.4 is 5.32 Å². The number of fused-ring (bicyclic) bond motifs is 1. The van der Waals surface area contributed by atoms with Gasteiger partial charge in [-0.3, -0.25) is 14.8 Å². The van der Waals surface area contributed by atoms with Gasteiger partial charge in [-0.05, 0) is 85.3 Å². The molecule has 0 aliphatic carbocycles. The average Bonchev–Trinajstić information content (AvgIpc) is 2.97. The number of sulfone groups is 1. The van der Waals surface area contributed by atoms with Crippen molar-refractivity contribution in [1.29, 1.82) is 0 Å². The maximum atomic E-state index is 13.2. The van der Waals surface area contributed by atoms with Crippen molar-refractivity contribution in [1.82, 2.24) is 9.97 Å². The van der Waals surface area contributed by atoms with Crippen LogP contribution in [0.4, 0.5) is 5.69 Å². The average molecular weight is 568 g/mol. The summed E-state index contributed by atoms with van der Waals surface area (Å²) in [5, 5.41) is 3.34. The van der Waals surface area contributed by atoms with Crippen molar-refractivity contribution in [3.8, 4) is 22.4 Å². The molecule has 0 aliphatic heterocycles. The summed E-state index contributed by atoms with van der Waals surface area (Å²) in [6.45, 7) is 1.72. The van der Waals surface area contributed by atoms with Crippen molar-refractivity contribution in [2.45, 2.75) is 23.5 Å². The normalized spacial score (nSPS) is 12.3. The van der Waals surface area contributed by atoms with Crippen LogP contribution in [0.3, 0.4) is 0 Å². The summed E-state index contributed by atoms with van der Waals surface area (Å²) in [5.74, 6) is -0.250. The highest BCUT2D eigenvalue weighted by molar-refractivity contribution is 7.98. The lowest BCUT2D eigenvalue weighted by molar-refractivity contribution is 0.102. The number of pyridine rings is 2. The summed E-state index contributed by atoms with van der Waals surface area (Å²) < 4.78 is 24.2. The fourth-order valence-corrected chi connectivity index (χ4v) is 5.41. The van der Waals surface area contributed by atoms with Crippen LogP contribution >= 0.6 is 11.8 Å². The van der Waals surface area contributed by atoms with Gasteiger partial charge in [0.1, 0.15) is 9.84 Å². The standard InChI is InChI=1S/C32H29N3O3S2/c1-21(40(3,37)38)16-22-17-25-8-5-15-33-31(25)29(18-22)24-6-4-7-26(19-24)32(36)35-27-11-14-30(34-20-27)23-9-12-28(39-2)13-10-23/h4-15,17-21H,16H2,1-3H3,(H,35,36). The van der Waals surface area contributed by atoms with E-state index in [4.69, 9.17) is 0 Å². The maximum Gasteiger partial charge on any atom is 0.255 e. The van der Waals surface area contributed by atoms with E-state index in [1.54, 1.807) is 37.1 Å². The van der Waals surface area contributed by atoms with Crippen LogP contribution in [-0.4, -0.2) is 42.1 Å². The highest BCUT2D eigenvalue weighted by Crippen LogP contribution is 2.31. The number of benzene rings is 3. The molecular weight excluding hydrogens is 539 g/mol. The highest BCUT2D eigenvalue weighted by Gasteiger charge is 2.18. The maximum absolute atomic E-state index is 13.2. The Labute approximate surface area is 238 Å². The molecule has 3 aromatic carbocycles. The minimum atomic E-state index is -3.18. The van der Waals surface area contributed by atoms with E-state index in [-0.39, 0.29) is 5.91 Å². The summed E-state index contributed by atoms with van der Waals surface area (Å²) in [4.78, 5) is 23.5. The second kappa shape index (κ2) is 11.6. The van der Waals surface area contributed by atoms with Crippen molar-refractivity contribution in [2.75, 3.05) is 17.8 Å². The van der Waals surface area contributed by atoms with Crippen LogP contribution in [0.15, 0.2) is 102 Å². The first-order chi connectivity index (χ1) is 19.2. The number of carbonyl (C=O) groups is 1. The molecule has 2 heterocycles. The van der Waals surface area contributed by atoms with E-state index in [1.165, 1.54) is 11.2 Å². The molecule has 1 unspecified atom stereocenters. The van der Waals surface area contributed by atoms with Gasteiger partial charge in [0.15, 0.2) is 0 Å². The molecule has 8 heteroatoms. The zero-order chi connectivity index (χ0) is 28.3. The van der Waals surface area contributed by atoms with Gasteiger partial charge in [0.05, 0.1) is 28.3 Å². The second-order valence-corrected chi connectivity index (χ2v) is 13.1. The Balaban J connectivity index is 1.40. The fourth-order valence-electron chi connectivity index (χ4n) is 4.51. The van der Waals surface area contributed by atoms with E-state index >= 15 is 0 Å². The van der Waals surface area contributed by atoms with Gasteiger partial charge in [-0.25, -0.2) is 8.42 Å². The molecule has 1 amide bonds. The van der Waals surface area contributed by atoms with Gasteiger partial charge >= 0.3 is 0 Å². The minimum absolute atomic E-state index is 0.250. The number of nitrogens with one attached hydrogen (secondary N) is 1. The van der Waals surface area contributed by atoms with Crippen molar-refractivity contribution in [3.05, 3.63) is 108 Å². The number of carbonyl (C=O) groups excluding carboxylic acids is 1. The molecule has 0 saturated carbocycles. The lowest BCUT2D eigenvalue weighted by Gasteiger charge is -2.14. The molecule has 5 aromatic rings. The number of thioether (sulfide) groups is 1. The molecule has 40 heavy (non-hydrogen) atoms. The predicted octanol–water partition coefficient (Wildman–Crippen LogP) is 6.91. The molecule has 6 nitrogen and oxygen atoms in total. The molecule has 0 spiro atoms. The summed E-state index contributed by atoms with van der Waals surface area (Å²) in [5.41, 5.74) is 6.31. The van der Waals surface area contributed by atoms with Gasteiger partial charge in [-0.2, -0.15) is 0 Å². The first-order valence-corrected chi connectivity index (χ1v) is 16.0. The number of hydrogen-bond donors (Lipinski definition) is 1. The molecule has 2 aromatic heterocycles. The quantitative estimate of drug-likeness (QED) is 0.205. The van der Waals surface area contributed by atoms with Gasteiger partial charge < -0.3 is 5.32 Å². The summed E-state index contributed by atoms with van der Waals surface area (Å²) in [6, 6.07) is 27.1. The molecule has 0 fully saturated rings. The minimum Gasteiger partial charge on any atom is -0.321 e. The third-order valence-electron chi connectivity index (χ3n) is 6.86. The van der Waals surface area contributed by atoms with Crippen LogP contribution in [0.25, 0.3) is 33.3 Å². The van der Waals surface area contributed by atoms with Crippen molar-refractivity contribution in [3.63, 3.8) is 0 Å². The van der Waals surface area contributed by atoms with Crippen LogP contribution in [0.5, 0.6) is 0 Å². The number of anilines is 1. The fraction of sp³-hybridized carbons (Fsp3) is 0.156. The third kappa shape index (κ3) is 6.24. The van der Waals surface area contributed by atoms with Gasteiger partial charge in [-0.15, -0.1) is 11.8 Å². The monoisotopic (exact) mass is 567 g/mol. The zero-order valence-corrected chi connectivity index (χ0v) is 24.1. The predicted molar refractivity (Wildman–Crippen MR) is 165 cm³/mol. The van der Waals surface area contributed by atoms with E-state index < -0.39 is 15.1 Å². The van der Waals surface area contributed by atoms with Crippen LogP contribution in [0, 0.1) is 0 Å². The van der Waals surface area contributed by atoms with Gasteiger partial charge in [0.2, 0.25) is 0 Å². The lowest BCUT2D eigenvalue weighted by atomic mass is 9.96. The van der Waals surface area contributed by atoms with E-state index in [9.17, 15) is 13.2 Å². The molecule has 0 radical (unpaired) electrons. The first kappa shape index (κ1) is 27.6. The first-order valence-electron chi connectivity index (χ1n) is 12.8. The molecule has 0 aliphatic rings. The van der Waals surface area contributed by atoms with Gasteiger partial charge in [0.25, 0.3) is 5.91 Å². The summed E-state index contributed by atoms with van der Waals surface area (Å²) in [7, 11) is -3.18. The SMILES string of the molecule is CSc1ccc(-c2ccc(NC(=O)c3cccc(-c4cc(CC(C)S(C)(=O)=O)cc5cccnc45)c3)cn2)cc1. The van der Waals surface area contributed by atoms with Gasteiger partial charge in [0, 0.05) is 39.4 Å². The Bertz CT molecular complexity index is 1790. The number of nitrogens with zero attached hydrogens (tertiary/aromatic N) is 2. The van der Waals surface area contributed by atoms with Crippen LogP contribution in [0.1, 0.15) is 22.8 Å². The highest BCUT2D eigenvalue weighted by atomic mass is 32.2. The number of rotatable bonds is 8. The summed E-state index contributed by atoms with van der Waals surface area (Å²) in [6.07, 6.45) is 7.08. The van der Waals surface area contributed by atoms with Crippen LogP contribution in [0.2, 0.25) is 0 Å². The van der Waals surface area contributed by atoms with Crippen molar-refractivity contribution < 1.29 is 13.2 Å². The zero-order valence-electron chi connectivity index (χ0n) is 22.5. The molecular formula is C32H29N3O3S2. The number of hydrogen-bond acceptors (Lipinski definition) is 6. The molecule has 202 valence electrons. The number of amides is 1. The Morgan fingerprint density at radius 2 is 1.73 bits per heavy atom.